The standard InChI is InChI=1S/C14H21FN2O3S/c1-9-6-10(21(16,19)20)7-11(12(9)15)13(18)17(5)8-14(2,3)4/h6-7H,8H2,1-5H3,(H2,16,19,20). The first-order valence-electron chi connectivity index (χ1n) is 6.41. The van der Waals surface area contributed by atoms with Gasteiger partial charge in [-0.25, -0.2) is 17.9 Å². The van der Waals surface area contributed by atoms with Crippen molar-refractivity contribution in [2.45, 2.75) is 32.6 Å². The summed E-state index contributed by atoms with van der Waals surface area (Å²) < 4.78 is 36.9. The summed E-state index contributed by atoms with van der Waals surface area (Å²) in [6.45, 7) is 7.63. The molecule has 0 atom stereocenters. The fourth-order valence-corrected chi connectivity index (χ4v) is 2.67. The van der Waals surface area contributed by atoms with Gasteiger partial charge in [-0.05, 0) is 30.0 Å². The van der Waals surface area contributed by atoms with Crippen molar-refractivity contribution in [3.8, 4) is 0 Å². The van der Waals surface area contributed by atoms with E-state index in [1.165, 1.54) is 11.8 Å². The molecule has 0 aliphatic heterocycles. The molecule has 1 rings (SSSR count). The van der Waals surface area contributed by atoms with Crippen LogP contribution in [0.15, 0.2) is 17.0 Å². The van der Waals surface area contributed by atoms with Crippen LogP contribution in [0, 0.1) is 18.2 Å². The van der Waals surface area contributed by atoms with Crippen molar-refractivity contribution in [2.24, 2.45) is 10.6 Å². The van der Waals surface area contributed by atoms with E-state index in [2.05, 4.69) is 0 Å². The third-order valence-electron chi connectivity index (χ3n) is 2.85. The molecule has 5 nitrogen and oxygen atoms in total. The predicted octanol–water partition coefficient (Wildman–Crippen LogP) is 1.90. The Kier molecular flexibility index (Phi) is 4.80. The fraction of sp³-hybridized carbons (Fsp3) is 0.500. The monoisotopic (exact) mass is 316 g/mol. The maximum Gasteiger partial charge on any atom is 0.256 e. The number of aryl methyl sites for hydroxylation is 1. The molecule has 21 heavy (non-hydrogen) atoms. The minimum Gasteiger partial charge on any atom is -0.341 e. The summed E-state index contributed by atoms with van der Waals surface area (Å²) >= 11 is 0. The van der Waals surface area contributed by atoms with Gasteiger partial charge < -0.3 is 4.90 Å². The largest absolute Gasteiger partial charge is 0.341 e. The number of sulfonamides is 1. The number of amides is 1. The molecule has 0 aliphatic carbocycles. The quantitative estimate of drug-likeness (QED) is 0.925. The summed E-state index contributed by atoms with van der Waals surface area (Å²) in [6.07, 6.45) is 0. The van der Waals surface area contributed by atoms with Crippen LogP contribution < -0.4 is 5.14 Å². The normalized spacial score (nSPS) is 12.3. The lowest BCUT2D eigenvalue weighted by Crippen LogP contribution is -2.35. The molecule has 0 saturated carbocycles. The summed E-state index contributed by atoms with van der Waals surface area (Å²) in [4.78, 5) is 13.4. The minimum absolute atomic E-state index is 0.0639. The summed E-state index contributed by atoms with van der Waals surface area (Å²) in [5, 5.41) is 5.05. The molecule has 0 fully saturated rings. The molecule has 1 amide bonds. The molecule has 0 unspecified atom stereocenters. The molecular formula is C14H21FN2O3S. The Morgan fingerprint density at radius 2 is 1.86 bits per heavy atom. The lowest BCUT2D eigenvalue weighted by atomic mass is 9.96. The van der Waals surface area contributed by atoms with Gasteiger partial charge in [-0.15, -0.1) is 0 Å². The van der Waals surface area contributed by atoms with E-state index in [1.807, 2.05) is 20.8 Å². The molecule has 0 bridgehead atoms. The predicted molar refractivity (Wildman–Crippen MR) is 78.9 cm³/mol. The molecule has 0 aliphatic rings. The molecular weight excluding hydrogens is 295 g/mol. The van der Waals surface area contributed by atoms with E-state index in [4.69, 9.17) is 5.14 Å². The second kappa shape index (κ2) is 5.73. The van der Waals surface area contributed by atoms with Gasteiger partial charge in [0.25, 0.3) is 5.91 Å². The van der Waals surface area contributed by atoms with Gasteiger partial charge in [-0.2, -0.15) is 0 Å². The molecule has 0 spiro atoms. The van der Waals surface area contributed by atoms with Crippen molar-refractivity contribution in [3.05, 3.63) is 29.1 Å². The number of hydrogen-bond acceptors (Lipinski definition) is 3. The number of hydrogen-bond donors (Lipinski definition) is 1. The Balaban J connectivity index is 3.30. The number of primary sulfonamides is 1. The number of nitrogens with two attached hydrogens (primary N) is 1. The summed E-state index contributed by atoms with van der Waals surface area (Å²) in [6, 6.07) is 2.10. The topological polar surface area (TPSA) is 80.5 Å². The van der Waals surface area contributed by atoms with Crippen molar-refractivity contribution in [2.75, 3.05) is 13.6 Å². The van der Waals surface area contributed by atoms with Gasteiger partial charge in [0.1, 0.15) is 5.82 Å². The van der Waals surface area contributed by atoms with Crippen molar-refractivity contribution in [3.63, 3.8) is 0 Å². The van der Waals surface area contributed by atoms with Crippen LogP contribution in [-0.4, -0.2) is 32.8 Å². The zero-order chi connectivity index (χ0) is 16.6. The molecule has 0 heterocycles. The number of benzene rings is 1. The molecule has 7 heteroatoms. The van der Waals surface area contributed by atoms with Crippen LogP contribution in [-0.2, 0) is 10.0 Å². The number of carbonyl (C=O) groups excluding carboxylic acids is 1. The summed E-state index contributed by atoms with van der Waals surface area (Å²) in [5.41, 5.74) is -0.382. The third-order valence-corrected chi connectivity index (χ3v) is 3.74. The number of nitrogens with zero attached hydrogens (tertiary/aromatic N) is 1. The first-order chi connectivity index (χ1) is 9.33. The van der Waals surface area contributed by atoms with Crippen LogP contribution >= 0.6 is 0 Å². The van der Waals surface area contributed by atoms with Gasteiger partial charge in [-0.1, -0.05) is 20.8 Å². The number of rotatable bonds is 3. The van der Waals surface area contributed by atoms with E-state index < -0.39 is 21.7 Å². The van der Waals surface area contributed by atoms with Crippen LogP contribution in [0.2, 0.25) is 0 Å². The average Bonchev–Trinajstić information content (AvgIpc) is 2.27. The van der Waals surface area contributed by atoms with Crippen LogP contribution in [0.4, 0.5) is 4.39 Å². The molecule has 0 saturated heterocycles. The van der Waals surface area contributed by atoms with Gasteiger partial charge >= 0.3 is 0 Å². The Bertz CT molecular complexity index is 664. The molecule has 0 radical (unpaired) electrons. The van der Waals surface area contributed by atoms with E-state index in [0.29, 0.717) is 6.54 Å². The molecule has 2 N–H and O–H groups in total. The molecule has 1 aromatic rings. The zero-order valence-electron chi connectivity index (χ0n) is 12.9. The average molecular weight is 316 g/mol. The van der Waals surface area contributed by atoms with Crippen molar-refractivity contribution >= 4 is 15.9 Å². The molecule has 0 aromatic heterocycles. The third kappa shape index (κ3) is 4.50. The van der Waals surface area contributed by atoms with E-state index in [1.54, 1.807) is 7.05 Å². The van der Waals surface area contributed by atoms with E-state index in [0.717, 1.165) is 12.1 Å². The Morgan fingerprint density at radius 3 is 2.29 bits per heavy atom. The highest BCUT2D eigenvalue weighted by atomic mass is 32.2. The van der Waals surface area contributed by atoms with Crippen LogP contribution in [0.1, 0.15) is 36.7 Å². The molecule has 118 valence electrons. The second-order valence-electron chi connectivity index (χ2n) is 6.37. The van der Waals surface area contributed by atoms with Gasteiger partial charge in [-0.3, -0.25) is 4.79 Å². The van der Waals surface area contributed by atoms with E-state index in [-0.39, 0.29) is 21.4 Å². The van der Waals surface area contributed by atoms with Crippen molar-refractivity contribution in [1.29, 1.82) is 0 Å². The molecule has 1 aromatic carbocycles. The fourth-order valence-electron chi connectivity index (χ4n) is 2.05. The Morgan fingerprint density at radius 1 is 1.33 bits per heavy atom. The van der Waals surface area contributed by atoms with E-state index in [9.17, 15) is 17.6 Å². The maximum atomic E-state index is 14.1. The van der Waals surface area contributed by atoms with E-state index >= 15 is 0 Å². The number of halogens is 1. The Hall–Kier alpha value is -1.47. The lowest BCUT2D eigenvalue weighted by Gasteiger charge is -2.27. The van der Waals surface area contributed by atoms with Crippen molar-refractivity contribution in [1.82, 2.24) is 4.90 Å². The van der Waals surface area contributed by atoms with Gasteiger partial charge in [0.15, 0.2) is 0 Å². The SMILES string of the molecule is Cc1cc(S(N)(=O)=O)cc(C(=O)N(C)CC(C)(C)C)c1F. The second-order valence-corrected chi connectivity index (χ2v) is 7.93. The smallest absolute Gasteiger partial charge is 0.256 e. The lowest BCUT2D eigenvalue weighted by molar-refractivity contribution is 0.0740. The first kappa shape index (κ1) is 17.6. The summed E-state index contributed by atoms with van der Waals surface area (Å²) in [5.74, 6) is -1.30. The zero-order valence-corrected chi connectivity index (χ0v) is 13.7. The van der Waals surface area contributed by atoms with Crippen molar-refractivity contribution < 1.29 is 17.6 Å². The maximum absolute atomic E-state index is 14.1. The highest BCUT2D eigenvalue weighted by molar-refractivity contribution is 7.89. The van der Waals surface area contributed by atoms with Gasteiger partial charge in [0, 0.05) is 13.6 Å². The van der Waals surface area contributed by atoms with Crippen LogP contribution in [0.5, 0.6) is 0 Å². The summed E-state index contributed by atoms with van der Waals surface area (Å²) in [7, 11) is -2.45. The van der Waals surface area contributed by atoms with Crippen LogP contribution in [0.3, 0.4) is 0 Å². The highest BCUT2D eigenvalue weighted by Crippen LogP contribution is 2.21. The van der Waals surface area contributed by atoms with Crippen LogP contribution in [0.25, 0.3) is 0 Å². The first-order valence-corrected chi connectivity index (χ1v) is 7.96. The highest BCUT2D eigenvalue weighted by Gasteiger charge is 2.24. The van der Waals surface area contributed by atoms with Gasteiger partial charge in [0.05, 0.1) is 10.5 Å². The number of carbonyl (C=O) groups is 1. The van der Waals surface area contributed by atoms with Gasteiger partial charge in [0.2, 0.25) is 10.0 Å². The minimum atomic E-state index is -4.00. The Labute approximate surface area is 125 Å².